The van der Waals surface area contributed by atoms with Crippen LogP contribution in [0, 0.1) is 0 Å². The summed E-state index contributed by atoms with van der Waals surface area (Å²) in [6, 6.07) is 10.2. The van der Waals surface area contributed by atoms with E-state index in [9.17, 15) is 0 Å². The van der Waals surface area contributed by atoms with Crippen LogP contribution in [0.2, 0.25) is 15.1 Å². The first-order valence-electron chi connectivity index (χ1n) is 6.21. The van der Waals surface area contributed by atoms with Crippen LogP contribution in [0.3, 0.4) is 0 Å². The fraction of sp³-hybridized carbons (Fsp3) is 0.0667. The smallest absolute Gasteiger partial charge is 0.259 e. The van der Waals surface area contributed by atoms with Crippen molar-refractivity contribution in [1.29, 1.82) is 0 Å². The molecule has 4 nitrogen and oxygen atoms in total. The van der Waals surface area contributed by atoms with Crippen LogP contribution < -0.4 is 4.74 Å². The van der Waals surface area contributed by atoms with Crippen molar-refractivity contribution in [2.75, 3.05) is 7.11 Å². The van der Waals surface area contributed by atoms with Gasteiger partial charge < -0.3 is 9.26 Å². The maximum atomic E-state index is 6.15. The summed E-state index contributed by atoms with van der Waals surface area (Å²) in [4.78, 5) is 4.35. The fourth-order valence-corrected chi connectivity index (χ4v) is 2.62. The van der Waals surface area contributed by atoms with Gasteiger partial charge in [0.05, 0.1) is 23.3 Å². The maximum Gasteiger partial charge on any atom is 0.259 e. The first-order valence-corrected chi connectivity index (χ1v) is 7.35. The van der Waals surface area contributed by atoms with E-state index in [0.717, 1.165) is 0 Å². The zero-order chi connectivity index (χ0) is 15.7. The number of rotatable bonds is 3. The average molecular weight is 356 g/mol. The molecule has 112 valence electrons. The van der Waals surface area contributed by atoms with Crippen LogP contribution in [0.4, 0.5) is 0 Å². The first kappa shape index (κ1) is 15.2. The molecule has 0 saturated carbocycles. The van der Waals surface area contributed by atoms with Crippen molar-refractivity contribution in [2.45, 2.75) is 0 Å². The summed E-state index contributed by atoms with van der Waals surface area (Å²) in [5.74, 6) is 1.25. The molecule has 0 bridgehead atoms. The van der Waals surface area contributed by atoms with E-state index in [1.165, 1.54) is 0 Å². The number of nitrogens with zero attached hydrogens (tertiary/aromatic N) is 2. The third-order valence-electron chi connectivity index (χ3n) is 2.99. The van der Waals surface area contributed by atoms with Crippen molar-refractivity contribution < 1.29 is 9.26 Å². The molecule has 0 saturated heterocycles. The Morgan fingerprint density at radius 2 is 1.68 bits per heavy atom. The molecule has 3 rings (SSSR count). The molecule has 1 heterocycles. The highest BCUT2D eigenvalue weighted by Gasteiger charge is 2.16. The monoisotopic (exact) mass is 354 g/mol. The molecule has 0 unspecified atom stereocenters. The molecule has 0 fully saturated rings. The Balaban J connectivity index is 2.06. The first-order chi connectivity index (χ1) is 10.6. The summed E-state index contributed by atoms with van der Waals surface area (Å²) in [6.07, 6.45) is 0. The van der Waals surface area contributed by atoms with Gasteiger partial charge in [-0.1, -0.05) is 40.0 Å². The van der Waals surface area contributed by atoms with Gasteiger partial charge in [0.25, 0.3) is 5.89 Å². The van der Waals surface area contributed by atoms with Gasteiger partial charge in [-0.3, -0.25) is 0 Å². The number of benzene rings is 2. The minimum absolute atomic E-state index is 0.290. The number of hydrogen-bond acceptors (Lipinski definition) is 4. The molecule has 0 N–H and O–H groups in total. The summed E-state index contributed by atoms with van der Waals surface area (Å²) >= 11 is 18.0. The number of ether oxygens (including phenoxy) is 1. The minimum Gasteiger partial charge on any atom is -0.496 e. The van der Waals surface area contributed by atoms with E-state index >= 15 is 0 Å². The molecule has 0 radical (unpaired) electrons. The topological polar surface area (TPSA) is 48.2 Å². The number of methoxy groups -OCH3 is 1. The van der Waals surface area contributed by atoms with Gasteiger partial charge in [-0.05, 0) is 36.4 Å². The molecule has 2 aromatic carbocycles. The highest BCUT2D eigenvalue weighted by molar-refractivity contribution is 6.36. The quantitative estimate of drug-likeness (QED) is 0.633. The molecule has 7 heteroatoms. The molecule has 0 aliphatic heterocycles. The van der Waals surface area contributed by atoms with Gasteiger partial charge in [0.15, 0.2) is 0 Å². The van der Waals surface area contributed by atoms with E-state index in [2.05, 4.69) is 10.1 Å². The zero-order valence-electron chi connectivity index (χ0n) is 11.3. The van der Waals surface area contributed by atoms with Crippen LogP contribution in [0.1, 0.15) is 0 Å². The van der Waals surface area contributed by atoms with E-state index in [1.807, 2.05) is 0 Å². The normalized spacial score (nSPS) is 10.7. The zero-order valence-corrected chi connectivity index (χ0v) is 13.6. The third kappa shape index (κ3) is 2.90. The predicted molar refractivity (Wildman–Crippen MR) is 86.8 cm³/mol. The second-order valence-electron chi connectivity index (χ2n) is 4.39. The van der Waals surface area contributed by atoms with Crippen LogP contribution >= 0.6 is 34.8 Å². The van der Waals surface area contributed by atoms with E-state index < -0.39 is 0 Å². The van der Waals surface area contributed by atoms with Gasteiger partial charge in [-0.2, -0.15) is 4.98 Å². The Morgan fingerprint density at radius 1 is 0.955 bits per heavy atom. The lowest BCUT2D eigenvalue weighted by atomic mass is 10.2. The maximum absolute atomic E-state index is 6.15. The molecule has 0 spiro atoms. The van der Waals surface area contributed by atoms with Crippen LogP contribution in [-0.2, 0) is 0 Å². The van der Waals surface area contributed by atoms with Crippen molar-refractivity contribution >= 4 is 34.8 Å². The van der Waals surface area contributed by atoms with E-state index in [0.29, 0.717) is 43.7 Å². The third-order valence-corrected chi connectivity index (χ3v) is 3.77. The van der Waals surface area contributed by atoms with Crippen molar-refractivity contribution in [1.82, 2.24) is 10.1 Å². The van der Waals surface area contributed by atoms with Gasteiger partial charge in [0.2, 0.25) is 5.82 Å². The highest BCUT2D eigenvalue weighted by atomic mass is 35.5. The summed E-state index contributed by atoms with van der Waals surface area (Å²) < 4.78 is 10.6. The summed E-state index contributed by atoms with van der Waals surface area (Å²) in [7, 11) is 1.56. The molecule has 0 aliphatic carbocycles. The fourth-order valence-electron chi connectivity index (χ4n) is 1.96. The van der Waals surface area contributed by atoms with Crippen molar-refractivity contribution in [3.05, 3.63) is 51.5 Å². The Kier molecular flexibility index (Phi) is 4.25. The second-order valence-corrected chi connectivity index (χ2v) is 5.67. The number of aromatic nitrogens is 2. The molecular weight excluding hydrogens is 347 g/mol. The minimum atomic E-state index is 0.290. The van der Waals surface area contributed by atoms with Gasteiger partial charge in [-0.25, -0.2) is 0 Å². The van der Waals surface area contributed by atoms with Crippen molar-refractivity contribution in [3.63, 3.8) is 0 Å². The Hall–Kier alpha value is -1.75. The largest absolute Gasteiger partial charge is 0.496 e. The van der Waals surface area contributed by atoms with Gasteiger partial charge in [-0.15, -0.1) is 0 Å². The SMILES string of the molecule is COc1ccc(Cl)cc1-c1noc(-c2ccc(Cl)cc2Cl)n1. The number of halogens is 3. The average Bonchev–Trinajstić information content (AvgIpc) is 2.96. The van der Waals surface area contributed by atoms with E-state index in [1.54, 1.807) is 43.5 Å². The van der Waals surface area contributed by atoms with Crippen LogP contribution in [0.5, 0.6) is 5.75 Å². The lowest BCUT2D eigenvalue weighted by molar-refractivity contribution is 0.413. The van der Waals surface area contributed by atoms with Gasteiger partial charge in [0.1, 0.15) is 5.75 Å². The van der Waals surface area contributed by atoms with E-state index in [-0.39, 0.29) is 0 Å². The second kappa shape index (κ2) is 6.16. The molecular formula is C15H9Cl3N2O2. The standard InChI is InChI=1S/C15H9Cl3N2O2/c1-21-13-5-3-8(16)6-11(13)14-19-15(22-20-14)10-4-2-9(17)7-12(10)18/h2-7H,1H3. The summed E-state index contributed by atoms with van der Waals surface area (Å²) in [5, 5.41) is 5.47. The lowest BCUT2D eigenvalue weighted by Crippen LogP contribution is -1.89. The Labute approximate surface area is 141 Å². The van der Waals surface area contributed by atoms with Gasteiger partial charge in [0, 0.05) is 10.0 Å². The van der Waals surface area contributed by atoms with E-state index in [4.69, 9.17) is 44.1 Å². The Bertz CT molecular complexity index is 833. The van der Waals surface area contributed by atoms with Crippen LogP contribution in [0.15, 0.2) is 40.9 Å². The van der Waals surface area contributed by atoms with Crippen LogP contribution in [-0.4, -0.2) is 17.3 Å². The molecule has 22 heavy (non-hydrogen) atoms. The summed E-state index contributed by atoms with van der Waals surface area (Å²) in [6.45, 7) is 0. The molecule has 0 atom stereocenters. The highest BCUT2D eigenvalue weighted by Crippen LogP contribution is 2.34. The number of hydrogen-bond donors (Lipinski definition) is 0. The molecule has 1 aromatic heterocycles. The summed E-state index contributed by atoms with van der Waals surface area (Å²) in [5.41, 5.74) is 1.24. The molecule has 0 aliphatic rings. The predicted octanol–water partition coefficient (Wildman–Crippen LogP) is 5.37. The van der Waals surface area contributed by atoms with Crippen LogP contribution in [0.25, 0.3) is 22.8 Å². The molecule has 3 aromatic rings. The van der Waals surface area contributed by atoms with Crippen molar-refractivity contribution in [2.24, 2.45) is 0 Å². The van der Waals surface area contributed by atoms with Gasteiger partial charge >= 0.3 is 0 Å². The Morgan fingerprint density at radius 3 is 2.41 bits per heavy atom. The van der Waals surface area contributed by atoms with Crippen molar-refractivity contribution in [3.8, 4) is 28.6 Å². The lowest BCUT2D eigenvalue weighted by Gasteiger charge is -2.04. The molecule has 0 amide bonds.